The summed E-state index contributed by atoms with van der Waals surface area (Å²) in [5.74, 6) is -0.873. The highest BCUT2D eigenvalue weighted by atomic mass is 16.5. The van der Waals surface area contributed by atoms with Crippen molar-refractivity contribution in [3.63, 3.8) is 0 Å². The lowest BCUT2D eigenvalue weighted by Gasteiger charge is -2.36. The van der Waals surface area contributed by atoms with Crippen molar-refractivity contribution in [1.29, 1.82) is 0 Å². The van der Waals surface area contributed by atoms with Crippen molar-refractivity contribution in [1.82, 2.24) is 4.90 Å². The first-order valence-electron chi connectivity index (χ1n) is 6.24. The Morgan fingerprint density at radius 3 is 2.38 bits per heavy atom. The normalized spacial score (nSPS) is 19.2. The van der Waals surface area contributed by atoms with Crippen molar-refractivity contribution in [3.05, 3.63) is 0 Å². The zero-order valence-corrected chi connectivity index (χ0v) is 10.3. The molecule has 1 fully saturated rings. The Morgan fingerprint density at radius 2 is 1.94 bits per heavy atom. The number of carboxylic acid groups (broad SMARTS) is 1. The van der Waals surface area contributed by atoms with E-state index in [1.807, 2.05) is 0 Å². The Labute approximate surface area is 97.6 Å². The minimum atomic E-state index is -0.873. The van der Waals surface area contributed by atoms with Gasteiger partial charge in [0, 0.05) is 19.1 Å². The van der Waals surface area contributed by atoms with Crippen LogP contribution in [0.5, 0.6) is 0 Å². The number of carbonyl (C=O) groups is 1. The molecule has 0 unspecified atom stereocenters. The number of aliphatic carboxylic acids is 1. The molecule has 1 N–H and O–H groups in total. The van der Waals surface area contributed by atoms with Crippen LogP contribution in [0.2, 0.25) is 0 Å². The predicted molar refractivity (Wildman–Crippen MR) is 62.6 cm³/mol. The summed E-state index contributed by atoms with van der Waals surface area (Å²) in [6.07, 6.45) is 4.45. The molecule has 0 aromatic rings. The lowest BCUT2D eigenvalue weighted by Crippen LogP contribution is -2.43. The maximum Gasteiger partial charge on any atom is 0.329 e. The van der Waals surface area contributed by atoms with E-state index in [9.17, 15) is 4.79 Å². The van der Waals surface area contributed by atoms with E-state index in [0.29, 0.717) is 6.04 Å². The van der Waals surface area contributed by atoms with Crippen molar-refractivity contribution >= 4 is 5.97 Å². The smallest absolute Gasteiger partial charge is 0.329 e. The fraction of sp³-hybridized carbons (Fsp3) is 0.917. The topological polar surface area (TPSA) is 49.8 Å². The zero-order chi connectivity index (χ0) is 12.0. The lowest BCUT2D eigenvalue weighted by molar-refractivity contribution is -0.145. The molecule has 0 amide bonds. The Bertz CT molecular complexity index is 208. The van der Waals surface area contributed by atoms with Crippen molar-refractivity contribution in [2.24, 2.45) is 0 Å². The highest BCUT2D eigenvalue weighted by Gasteiger charge is 2.23. The van der Waals surface area contributed by atoms with E-state index in [4.69, 9.17) is 9.84 Å². The molecule has 0 atom stereocenters. The van der Waals surface area contributed by atoms with E-state index in [0.717, 1.165) is 25.9 Å². The van der Waals surface area contributed by atoms with Gasteiger partial charge in [0.25, 0.3) is 0 Å². The molecule has 1 aliphatic heterocycles. The molecule has 1 saturated heterocycles. The van der Waals surface area contributed by atoms with Gasteiger partial charge < -0.3 is 14.7 Å². The number of likely N-dealkylation sites (tertiary alicyclic amines) is 1. The molecule has 0 aromatic heterocycles. The van der Waals surface area contributed by atoms with Crippen LogP contribution >= 0.6 is 0 Å². The monoisotopic (exact) mass is 229 g/mol. The Kier molecular flexibility index (Phi) is 5.77. The summed E-state index contributed by atoms with van der Waals surface area (Å²) >= 11 is 0. The SMILES string of the molecule is CCC(CC)N1CCC(OCC(=O)O)CC1. The van der Waals surface area contributed by atoms with E-state index >= 15 is 0 Å². The van der Waals surface area contributed by atoms with Crippen LogP contribution in [0.1, 0.15) is 39.5 Å². The van der Waals surface area contributed by atoms with E-state index in [1.54, 1.807) is 0 Å². The molecule has 0 aliphatic carbocycles. The Hall–Kier alpha value is -0.610. The molecule has 1 aliphatic rings. The van der Waals surface area contributed by atoms with Crippen LogP contribution in [-0.4, -0.2) is 47.8 Å². The fourth-order valence-electron chi connectivity index (χ4n) is 2.40. The maximum absolute atomic E-state index is 10.4. The van der Waals surface area contributed by atoms with Gasteiger partial charge in [0.05, 0.1) is 6.10 Å². The van der Waals surface area contributed by atoms with Crippen LogP contribution in [-0.2, 0) is 9.53 Å². The largest absolute Gasteiger partial charge is 0.480 e. The first-order valence-corrected chi connectivity index (χ1v) is 6.24. The lowest BCUT2D eigenvalue weighted by atomic mass is 10.0. The summed E-state index contributed by atoms with van der Waals surface area (Å²) in [4.78, 5) is 12.9. The molecule has 0 aromatic carbocycles. The average molecular weight is 229 g/mol. The molecular formula is C12H23NO3. The van der Waals surface area contributed by atoms with Crippen LogP contribution in [0.3, 0.4) is 0 Å². The van der Waals surface area contributed by atoms with E-state index < -0.39 is 5.97 Å². The second kappa shape index (κ2) is 6.86. The van der Waals surface area contributed by atoms with Gasteiger partial charge in [-0.05, 0) is 25.7 Å². The molecule has 0 saturated carbocycles. The van der Waals surface area contributed by atoms with Crippen molar-refractivity contribution in [2.75, 3.05) is 19.7 Å². The van der Waals surface area contributed by atoms with Gasteiger partial charge in [-0.15, -0.1) is 0 Å². The van der Waals surface area contributed by atoms with Crippen LogP contribution in [0, 0.1) is 0 Å². The predicted octanol–water partition coefficient (Wildman–Crippen LogP) is 1.74. The molecule has 4 heteroatoms. The number of piperidine rings is 1. The average Bonchev–Trinajstić information content (AvgIpc) is 2.29. The van der Waals surface area contributed by atoms with Crippen molar-refractivity contribution < 1.29 is 14.6 Å². The second-order valence-electron chi connectivity index (χ2n) is 4.41. The number of rotatable bonds is 6. The minimum Gasteiger partial charge on any atom is -0.480 e. The van der Waals surface area contributed by atoms with Gasteiger partial charge in [0.2, 0.25) is 0 Å². The molecular weight excluding hydrogens is 206 g/mol. The van der Waals surface area contributed by atoms with E-state index in [2.05, 4.69) is 18.7 Å². The number of carboxylic acids is 1. The zero-order valence-electron chi connectivity index (χ0n) is 10.3. The Balaban J connectivity index is 2.25. The van der Waals surface area contributed by atoms with Crippen LogP contribution < -0.4 is 0 Å². The van der Waals surface area contributed by atoms with E-state index in [-0.39, 0.29) is 12.7 Å². The maximum atomic E-state index is 10.4. The molecule has 0 radical (unpaired) electrons. The molecule has 16 heavy (non-hydrogen) atoms. The van der Waals surface area contributed by atoms with Crippen molar-refractivity contribution in [2.45, 2.75) is 51.7 Å². The van der Waals surface area contributed by atoms with Gasteiger partial charge in [0.15, 0.2) is 0 Å². The van der Waals surface area contributed by atoms with Crippen LogP contribution in [0.4, 0.5) is 0 Å². The summed E-state index contributed by atoms with van der Waals surface area (Å²) in [5, 5.41) is 8.53. The highest BCUT2D eigenvalue weighted by Crippen LogP contribution is 2.18. The number of hydrogen-bond acceptors (Lipinski definition) is 3. The van der Waals surface area contributed by atoms with Gasteiger partial charge in [-0.2, -0.15) is 0 Å². The quantitative estimate of drug-likeness (QED) is 0.753. The van der Waals surface area contributed by atoms with Gasteiger partial charge >= 0.3 is 5.97 Å². The van der Waals surface area contributed by atoms with Gasteiger partial charge in [-0.3, -0.25) is 0 Å². The van der Waals surface area contributed by atoms with E-state index in [1.165, 1.54) is 12.8 Å². The number of hydrogen-bond donors (Lipinski definition) is 1. The molecule has 1 heterocycles. The first kappa shape index (κ1) is 13.5. The molecule has 1 rings (SSSR count). The number of ether oxygens (including phenoxy) is 1. The molecule has 0 bridgehead atoms. The fourth-order valence-corrected chi connectivity index (χ4v) is 2.40. The first-order chi connectivity index (χ1) is 7.67. The van der Waals surface area contributed by atoms with Crippen molar-refractivity contribution in [3.8, 4) is 0 Å². The number of nitrogens with zero attached hydrogens (tertiary/aromatic N) is 1. The van der Waals surface area contributed by atoms with Gasteiger partial charge in [-0.25, -0.2) is 4.79 Å². The summed E-state index contributed by atoms with van der Waals surface area (Å²) in [7, 11) is 0. The third kappa shape index (κ3) is 4.10. The third-order valence-electron chi connectivity index (χ3n) is 3.38. The minimum absolute atomic E-state index is 0.140. The standard InChI is InChI=1S/C12H23NO3/c1-3-10(4-2)13-7-5-11(6-8-13)16-9-12(14)15/h10-11H,3-9H2,1-2H3,(H,14,15). The second-order valence-corrected chi connectivity index (χ2v) is 4.41. The molecule has 4 nitrogen and oxygen atoms in total. The van der Waals surface area contributed by atoms with Gasteiger partial charge in [0.1, 0.15) is 6.61 Å². The van der Waals surface area contributed by atoms with Gasteiger partial charge in [-0.1, -0.05) is 13.8 Å². The molecule has 0 spiro atoms. The Morgan fingerprint density at radius 1 is 1.38 bits per heavy atom. The van der Waals surface area contributed by atoms with Crippen LogP contribution in [0.15, 0.2) is 0 Å². The summed E-state index contributed by atoms with van der Waals surface area (Å²) in [6.45, 7) is 6.37. The summed E-state index contributed by atoms with van der Waals surface area (Å²) in [5.41, 5.74) is 0. The van der Waals surface area contributed by atoms with Crippen LogP contribution in [0.25, 0.3) is 0 Å². The molecule has 94 valence electrons. The summed E-state index contributed by atoms with van der Waals surface area (Å²) in [6, 6.07) is 0.681. The third-order valence-corrected chi connectivity index (χ3v) is 3.38. The highest BCUT2D eigenvalue weighted by molar-refractivity contribution is 5.68. The summed E-state index contributed by atoms with van der Waals surface area (Å²) < 4.78 is 5.31.